The maximum Gasteiger partial charge on any atom is 0.261 e. The van der Waals surface area contributed by atoms with Crippen molar-refractivity contribution in [3.05, 3.63) is 40.4 Å². The van der Waals surface area contributed by atoms with Gasteiger partial charge in [-0.2, -0.15) is 0 Å². The zero-order valence-electron chi connectivity index (χ0n) is 16.9. The van der Waals surface area contributed by atoms with Crippen LogP contribution in [0.3, 0.4) is 0 Å². The molecule has 1 unspecified atom stereocenters. The van der Waals surface area contributed by atoms with Crippen molar-refractivity contribution >= 4 is 16.8 Å². The molecule has 27 heavy (non-hydrogen) atoms. The van der Waals surface area contributed by atoms with Gasteiger partial charge in [-0.05, 0) is 25.5 Å². The summed E-state index contributed by atoms with van der Waals surface area (Å²) in [5, 5.41) is 0.582. The van der Waals surface area contributed by atoms with Crippen molar-refractivity contribution in [3.8, 4) is 0 Å². The molecule has 0 aliphatic heterocycles. The molecule has 6 nitrogen and oxygen atoms in total. The fourth-order valence-corrected chi connectivity index (χ4v) is 3.17. The Morgan fingerprint density at radius 2 is 2.00 bits per heavy atom. The summed E-state index contributed by atoms with van der Waals surface area (Å²) in [6, 6.07) is 7.02. The van der Waals surface area contributed by atoms with Gasteiger partial charge in [-0.15, -0.1) is 0 Å². The molecule has 0 fully saturated rings. The molecule has 1 atom stereocenters. The van der Waals surface area contributed by atoms with Crippen LogP contribution in [0.1, 0.15) is 57.8 Å². The van der Waals surface area contributed by atoms with Crippen LogP contribution >= 0.6 is 0 Å². The molecule has 0 bridgehead atoms. The number of amides is 1. The van der Waals surface area contributed by atoms with E-state index in [2.05, 4.69) is 6.92 Å². The van der Waals surface area contributed by atoms with Crippen molar-refractivity contribution in [1.82, 2.24) is 14.5 Å². The molecule has 0 N–H and O–H groups in total. The van der Waals surface area contributed by atoms with Crippen molar-refractivity contribution in [1.29, 1.82) is 0 Å². The van der Waals surface area contributed by atoms with Gasteiger partial charge in [-0.3, -0.25) is 14.2 Å². The highest BCUT2D eigenvalue weighted by atomic mass is 16.5. The molecule has 0 saturated heterocycles. The van der Waals surface area contributed by atoms with E-state index >= 15 is 0 Å². The fraction of sp³-hybridized carbons (Fsp3) is 0.571. The lowest BCUT2D eigenvalue weighted by molar-refractivity contribution is -0.132. The first-order valence-corrected chi connectivity index (χ1v) is 9.75. The number of unbranched alkanes of at least 4 members (excludes halogenated alkanes) is 3. The Balaban J connectivity index is 2.31. The minimum Gasteiger partial charge on any atom is -0.383 e. The molecule has 148 valence electrons. The number of carbonyl (C=O) groups excluding carboxylic acids is 1. The molecule has 2 aromatic rings. The van der Waals surface area contributed by atoms with Crippen LogP contribution in [0, 0.1) is 0 Å². The summed E-state index contributed by atoms with van der Waals surface area (Å²) in [5.74, 6) is 0.680. The third-order valence-corrected chi connectivity index (χ3v) is 5.00. The van der Waals surface area contributed by atoms with E-state index in [0.717, 1.165) is 25.7 Å². The van der Waals surface area contributed by atoms with Crippen molar-refractivity contribution in [2.45, 2.75) is 58.5 Å². The van der Waals surface area contributed by atoms with Gasteiger partial charge in [0.05, 0.1) is 30.1 Å². The standard InChI is InChI=1S/C21H31N3O3/c1-5-6-7-8-13-19(25)23(3)16(2)20-22-18-12-10-9-11-17(18)21(26)24(20)14-15-27-4/h9-12,16H,5-8,13-15H2,1-4H3. The number of para-hydroxylation sites is 1. The average Bonchev–Trinajstić information content (AvgIpc) is 2.69. The number of hydrogen-bond acceptors (Lipinski definition) is 4. The van der Waals surface area contributed by atoms with Crippen molar-refractivity contribution in [2.75, 3.05) is 20.8 Å². The summed E-state index contributed by atoms with van der Waals surface area (Å²) in [6.45, 7) is 4.89. The maximum absolute atomic E-state index is 13.0. The van der Waals surface area contributed by atoms with Gasteiger partial charge in [0, 0.05) is 20.6 Å². The molecular weight excluding hydrogens is 342 g/mol. The minimum atomic E-state index is -0.294. The first-order chi connectivity index (χ1) is 13.0. The number of aromatic nitrogens is 2. The number of methoxy groups -OCH3 is 1. The number of benzene rings is 1. The summed E-state index contributed by atoms with van der Waals surface area (Å²) in [4.78, 5) is 32.0. The smallest absolute Gasteiger partial charge is 0.261 e. The zero-order valence-corrected chi connectivity index (χ0v) is 16.9. The summed E-state index contributed by atoms with van der Waals surface area (Å²) >= 11 is 0. The second-order valence-corrected chi connectivity index (χ2v) is 6.93. The highest BCUT2D eigenvalue weighted by Crippen LogP contribution is 2.20. The van der Waals surface area contributed by atoms with Crippen molar-refractivity contribution < 1.29 is 9.53 Å². The summed E-state index contributed by atoms with van der Waals surface area (Å²) in [5.41, 5.74) is 0.560. The normalized spacial score (nSPS) is 12.3. The Hall–Kier alpha value is -2.21. The maximum atomic E-state index is 13.0. The predicted molar refractivity (Wildman–Crippen MR) is 108 cm³/mol. The first kappa shape index (κ1) is 21.1. The molecule has 6 heteroatoms. The Morgan fingerprint density at radius 1 is 1.26 bits per heavy atom. The van der Waals surface area contributed by atoms with Crippen LogP contribution in [0.2, 0.25) is 0 Å². The van der Waals surface area contributed by atoms with E-state index in [1.54, 1.807) is 29.7 Å². The van der Waals surface area contributed by atoms with E-state index < -0.39 is 0 Å². The molecule has 0 saturated carbocycles. The van der Waals surface area contributed by atoms with Crippen LogP contribution in [0.15, 0.2) is 29.1 Å². The van der Waals surface area contributed by atoms with E-state index in [-0.39, 0.29) is 17.5 Å². The molecule has 1 aromatic carbocycles. The van der Waals surface area contributed by atoms with E-state index in [1.165, 1.54) is 0 Å². The van der Waals surface area contributed by atoms with Gasteiger partial charge >= 0.3 is 0 Å². The van der Waals surface area contributed by atoms with E-state index in [0.29, 0.717) is 36.3 Å². The Bertz CT molecular complexity index is 816. The third kappa shape index (κ3) is 5.16. The zero-order chi connectivity index (χ0) is 19.8. The summed E-state index contributed by atoms with van der Waals surface area (Å²) in [7, 11) is 3.39. The molecule has 0 aliphatic carbocycles. The van der Waals surface area contributed by atoms with Gasteiger partial charge in [0.25, 0.3) is 5.56 Å². The number of fused-ring (bicyclic) bond motifs is 1. The lowest BCUT2D eigenvalue weighted by Gasteiger charge is -2.27. The Labute approximate surface area is 161 Å². The highest BCUT2D eigenvalue weighted by Gasteiger charge is 2.23. The minimum absolute atomic E-state index is 0.0827. The van der Waals surface area contributed by atoms with Gasteiger partial charge in [-0.1, -0.05) is 38.3 Å². The molecular formula is C21H31N3O3. The van der Waals surface area contributed by atoms with Gasteiger partial charge in [-0.25, -0.2) is 4.98 Å². The van der Waals surface area contributed by atoms with Crippen LogP contribution in [-0.4, -0.2) is 41.1 Å². The number of rotatable bonds is 10. The Morgan fingerprint density at radius 3 is 2.70 bits per heavy atom. The molecule has 2 rings (SSSR count). The molecule has 1 aromatic heterocycles. The number of nitrogens with zero attached hydrogens (tertiary/aromatic N) is 3. The lowest BCUT2D eigenvalue weighted by Crippen LogP contribution is -2.35. The summed E-state index contributed by atoms with van der Waals surface area (Å²) < 4.78 is 6.80. The van der Waals surface area contributed by atoms with Crippen molar-refractivity contribution in [3.63, 3.8) is 0 Å². The molecule has 0 radical (unpaired) electrons. The largest absolute Gasteiger partial charge is 0.383 e. The van der Waals surface area contributed by atoms with Crippen molar-refractivity contribution in [2.24, 2.45) is 0 Å². The van der Waals surface area contributed by atoms with Crippen LogP contribution < -0.4 is 5.56 Å². The fourth-order valence-electron chi connectivity index (χ4n) is 3.17. The quantitative estimate of drug-likeness (QED) is 0.598. The van der Waals surface area contributed by atoms with Gasteiger partial charge in [0.15, 0.2) is 0 Å². The molecule has 0 aliphatic rings. The number of carbonyl (C=O) groups is 1. The van der Waals surface area contributed by atoms with Crippen LogP contribution in [0.4, 0.5) is 0 Å². The topological polar surface area (TPSA) is 64.4 Å². The molecule has 0 spiro atoms. The molecule has 1 heterocycles. The SMILES string of the molecule is CCCCCCC(=O)N(C)C(C)c1nc2ccccc2c(=O)n1CCOC. The predicted octanol–water partition coefficient (Wildman–Crippen LogP) is 3.53. The highest BCUT2D eigenvalue weighted by molar-refractivity contribution is 5.78. The monoisotopic (exact) mass is 373 g/mol. The molecule has 1 amide bonds. The Kier molecular flexibility index (Phi) is 7.98. The second kappa shape index (κ2) is 10.2. The van der Waals surface area contributed by atoms with Crippen LogP contribution in [0.25, 0.3) is 10.9 Å². The number of hydrogen-bond donors (Lipinski definition) is 0. The second-order valence-electron chi connectivity index (χ2n) is 6.93. The average molecular weight is 373 g/mol. The van der Waals surface area contributed by atoms with Gasteiger partial charge < -0.3 is 9.64 Å². The van der Waals surface area contributed by atoms with Gasteiger partial charge in [0.2, 0.25) is 5.91 Å². The lowest BCUT2D eigenvalue weighted by atomic mass is 10.1. The van der Waals surface area contributed by atoms with E-state index in [9.17, 15) is 9.59 Å². The van der Waals surface area contributed by atoms with Gasteiger partial charge in [0.1, 0.15) is 5.82 Å². The van der Waals surface area contributed by atoms with E-state index in [1.807, 2.05) is 25.1 Å². The van der Waals surface area contributed by atoms with Crippen LogP contribution in [-0.2, 0) is 16.1 Å². The first-order valence-electron chi connectivity index (χ1n) is 9.75. The summed E-state index contributed by atoms with van der Waals surface area (Å²) in [6.07, 6.45) is 4.78. The van der Waals surface area contributed by atoms with E-state index in [4.69, 9.17) is 9.72 Å². The number of ether oxygens (including phenoxy) is 1. The van der Waals surface area contributed by atoms with Crippen LogP contribution in [0.5, 0.6) is 0 Å². The third-order valence-electron chi connectivity index (χ3n) is 5.00.